The molecule has 2 N–H and O–H groups in total. The van der Waals surface area contributed by atoms with E-state index in [4.69, 9.17) is 9.51 Å². The first-order chi connectivity index (χ1) is 14.6. The van der Waals surface area contributed by atoms with Crippen LogP contribution >= 0.6 is 0 Å². The molecule has 3 aliphatic carbocycles. The Morgan fingerprint density at radius 2 is 1.60 bits per heavy atom. The summed E-state index contributed by atoms with van der Waals surface area (Å²) in [4.78, 5) is 30.4. The fourth-order valence-electron chi connectivity index (χ4n) is 5.43. The first-order valence-corrected chi connectivity index (χ1v) is 12.0. The number of carbonyl (C=O) groups is 2. The summed E-state index contributed by atoms with van der Waals surface area (Å²) in [6, 6.07) is -0.570. The van der Waals surface area contributed by atoms with E-state index < -0.39 is 11.6 Å². The zero-order chi connectivity index (χ0) is 21.0. The molecule has 0 unspecified atom stereocenters. The van der Waals surface area contributed by atoms with Gasteiger partial charge in [0.25, 0.3) is 0 Å². The van der Waals surface area contributed by atoms with Gasteiger partial charge in [-0.05, 0) is 45.4 Å². The molecule has 3 fully saturated rings. The standard InChI is InChI=1S/C23H36N4O3/c1-16(24-20(29)17-10-4-5-11-17)19(28)26-23(14-8-2-3-9-15-23)22-25-21(30-27-22)18-12-6-7-13-18/h16-18H,2-15H2,1H3,(H,24,29)(H,26,28)/t16-/m1/s1. The maximum Gasteiger partial charge on any atom is 0.243 e. The lowest BCUT2D eigenvalue weighted by Crippen LogP contribution is -2.54. The third-order valence-corrected chi connectivity index (χ3v) is 7.37. The fourth-order valence-corrected chi connectivity index (χ4v) is 5.43. The van der Waals surface area contributed by atoms with E-state index in [0.717, 1.165) is 82.9 Å². The van der Waals surface area contributed by atoms with Crippen molar-refractivity contribution in [2.24, 2.45) is 5.92 Å². The predicted molar refractivity (Wildman–Crippen MR) is 113 cm³/mol. The van der Waals surface area contributed by atoms with E-state index in [2.05, 4.69) is 15.8 Å². The Morgan fingerprint density at radius 3 is 2.27 bits per heavy atom. The summed E-state index contributed by atoms with van der Waals surface area (Å²) in [6.07, 6.45) is 14.7. The Labute approximate surface area is 179 Å². The molecular weight excluding hydrogens is 380 g/mol. The first-order valence-electron chi connectivity index (χ1n) is 12.0. The van der Waals surface area contributed by atoms with Gasteiger partial charge in [0.1, 0.15) is 11.6 Å². The molecule has 0 spiro atoms. The number of nitrogens with one attached hydrogen (secondary N) is 2. The summed E-state index contributed by atoms with van der Waals surface area (Å²) < 4.78 is 5.66. The second kappa shape index (κ2) is 9.48. The van der Waals surface area contributed by atoms with Gasteiger partial charge in [0, 0.05) is 11.8 Å². The number of hydrogen-bond acceptors (Lipinski definition) is 5. The van der Waals surface area contributed by atoms with Gasteiger partial charge in [0.15, 0.2) is 5.82 Å². The molecular formula is C23H36N4O3. The van der Waals surface area contributed by atoms with E-state index >= 15 is 0 Å². The van der Waals surface area contributed by atoms with Gasteiger partial charge in [-0.3, -0.25) is 9.59 Å². The van der Waals surface area contributed by atoms with Crippen LogP contribution in [-0.2, 0) is 15.1 Å². The van der Waals surface area contributed by atoms with E-state index in [1.807, 2.05) is 0 Å². The average molecular weight is 417 g/mol. The summed E-state index contributed by atoms with van der Waals surface area (Å²) in [5.41, 5.74) is -0.597. The molecule has 2 amide bonds. The molecule has 3 saturated carbocycles. The zero-order valence-corrected chi connectivity index (χ0v) is 18.3. The Kier molecular flexibility index (Phi) is 6.74. The van der Waals surface area contributed by atoms with Crippen LogP contribution in [0.4, 0.5) is 0 Å². The molecule has 0 aromatic carbocycles. The Hall–Kier alpha value is -1.92. The minimum Gasteiger partial charge on any atom is -0.344 e. The van der Waals surface area contributed by atoms with Crippen molar-refractivity contribution >= 4 is 11.8 Å². The predicted octanol–water partition coefficient (Wildman–Crippen LogP) is 4.09. The Bertz CT molecular complexity index is 727. The highest BCUT2D eigenvalue weighted by Crippen LogP contribution is 2.38. The topological polar surface area (TPSA) is 97.1 Å². The summed E-state index contributed by atoms with van der Waals surface area (Å²) >= 11 is 0. The zero-order valence-electron chi connectivity index (χ0n) is 18.3. The van der Waals surface area contributed by atoms with Crippen molar-refractivity contribution in [3.63, 3.8) is 0 Å². The maximum atomic E-state index is 13.1. The van der Waals surface area contributed by atoms with Crippen LogP contribution in [0.1, 0.15) is 114 Å². The molecule has 166 valence electrons. The molecule has 1 aromatic rings. The summed E-state index contributed by atoms with van der Waals surface area (Å²) in [7, 11) is 0. The van der Waals surface area contributed by atoms with Crippen molar-refractivity contribution in [2.75, 3.05) is 0 Å². The SMILES string of the molecule is C[C@@H](NC(=O)C1CCCC1)C(=O)NC1(c2noc(C3CCCC3)n2)CCCCCC1. The Morgan fingerprint density at radius 1 is 0.967 bits per heavy atom. The van der Waals surface area contributed by atoms with E-state index in [1.165, 1.54) is 12.8 Å². The van der Waals surface area contributed by atoms with E-state index in [1.54, 1.807) is 6.92 Å². The van der Waals surface area contributed by atoms with Gasteiger partial charge < -0.3 is 15.2 Å². The van der Waals surface area contributed by atoms with Gasteiger partial charge >= 0.3 is 0 Å². The van der Waals surface area contributed by atoms with Crippen molar-refractivity contribution in [3.05, 3.63) is 11.7 Å². The van der Waals surface area contributed by atoms with Gasteiger partial charge in [-0.15, -0.1) is 0 Å². The third-order valence-electron chi connectivity index (χ3n) is 7.37. The lowest BCUT2D eigenvalue weighted by atomic mass is 9.88. The smallest absolute Gasteiger partial charge is 0.243 e. The number of carbonyl (C=O) groups excluding carboxylic acids is 2. The molecule has 7 heteroatoms. The molecule has 4 rings (SSSR count). The molecule has 0 aliphatic heterocycles. The molecule has 0 radical (unpaired) electrons. The highest BCUT2D eigenvalue weighted by molar-refractivity contribution is 5.88. The number of hydrogen-bond donors (Lipinski definition) is 2. The molecule has 1 aromatic heterocycles. The van der Waals surface area contributed by atoms with Gasteiger partial charge in [-0.2, -0.15) is 4.98 Å². The van der Waals surface area contributed by atoms with Gasteiger partial charge in [0.05, 0.1) is 0 Å². The van der Waals surface area contributed by atoms with Crippen LogP contribution in [0.3, 0.4) is 0 Å². The van der Waals surface area contributed by atoms with E-state index in [-0.39, 0.29) is 17.7 Å². The first kappa shape index (κ1) is 21.3. The highest BCUT2D eigenvalue weighted by atomic mass is 16.5. The van der Waals surface area contributed by atoms with E-state index in [9.17, 15) is 9.59 Å². The van der Waals surface area contributed by atoms with Crippen LogP contribution in [0.5, 0.6) is 0 Å². The number of amides is 2. The Balaban J connectivity index is 1.47. The van der Waals surface area contributed by atoms with Crippen LogP contribution in [-0.4, -0.2) is 28.0 Å². The minimum absolute atomic E-state index is 0.00754. The molecule has 1 atom stereocenters. The second-order valence-electron chi connectivity index (χ2n) is 9.63. The highest BCUT2D eigenvalue weighted by Gasteiger charge is 2.41. The monoisotopic (exact) mass is 416 g/mol. The van der Waals surface area contributed by atoms with Crippen LogP contribution < -0.4 is 10.6 Å². The van der Waals surface area contributed by atoms with Gasteiger partial charge in [-0.1, -0.05) is 56.5 Å². The van der Waals surface area contributed by atoms with Crippen molar-refractivity contribution in [3.8, 4) is 0 Å². The van der Waals surface area contributed by atoms with Crippen LogP contribution in [0.15, 0.2) is 4.52 Å². The summed E-state index contributed by atoms with van der Waals surface area (Å²) in [6.45, 7) is 1.77. The summed E-state index contributed by atoms with van der Waals surface area (Å²) in [5.74, 6) is 1.60. The molecule has 0 saturated heterocycles. The van der Waals surface area contributed by atoms with Gasteiger partial charge in [0.2, 0.25) is 17.7 Å². The average Bonchev–Trinajstić information content (AvgIpc) is 3.49. The fraction of sp³-hybridized carbons (Fsp3) is 0.826. The molecule has 7 nitrogen and oxygen atoms in total. The maximum absolute atomic E-state index is 13.1. The third kappa shape index (κ3) is 4.70. The number of aromatic nitrogens is 2. The largest absolute Gasteiger partial charge is 0.344 e. The van der Waals surface area contributed by atoms with Crippen LogP contribution in [0.2, 0.25) is 0 Å². The quantitative estimate of drug-likeness (QED) is 0.681. The normalized spacial score (nSPS) is 23.8. The van der Waals surface area contributed by atoms with Crippen molar-refractivity contribution in [1.82, 2.24) is 20.8 Å². The van der Waals surface area contributed by atoms with Crippen LogP contribution in [0.25, 0.3) is 0 Å². The van der Waals surface area contributed by atoms with Crippen LogP contribution in [0, 0.1) is 5.92 Å². The van der Waals surface area contributed by atoms with Crippen molar-refractivity contribution in [1.29, 1.82) is 0 Å². The molecule has 0 bridgehead atoms. The molecule has 3 aliphatic rings. The molecule has 1 heterocycles. The number of nitrogens with zero attached hydrogens (tertiary/aromatic N) is 2. The van der Waals surface area contributed by atoms with Crippen molar-refractivity contribution < 1.29 is 14.1 Å². The summed E-state index contributed by atoms with van der Waals surface area (Å²) in [5, 5.41) is 10.5. The van der Waals surface area contributed by atoms with E-state index in [0.29, 0.717) is 11.7 Å². The van der Waals surface area contributed by atoms with Crippen molar-refractivity contribution in [2.45, 2.75) is 114 Å². The number of rotatable bonds is 6. The second-order valence-corrected chi connectivity index (χ2v) is 9.63. The van der Waals surface area contributed by atoms with Gasteiger partial charge in [-0.25, -0.2) is 0 Å². The minimum atomic E-state index is -0.597. The lowest BCUT2D eigenvalue weighted by Gasteiger charge is -2.32. The molecule has 30 heavy (non-hydrogen) atoms. The lowest BCUT2D eigenvalue weighted by molar-refractivity contribution is -0.131.